The number of carbonyl (C=O) groups is 2. The Hall–Kier alpha value is -3.04. The van der Waals surface area contributed by atoms with Gasteiger partial charge in [0.05, 0.1) is 16.8 Å². The van der Waals surface area contributed by atoms with Crippen molar-refractivity contribution >= 4 is 29.2 Å². The van der Waals surface area contributed by atoms with Crippen molar-refractivity contribution in [2.24, 2.45) is 0 Å². The van der Waals surface area contributed by atoms with Crippen LogP contribution < -0.4 is 10.7 Å². The van der Waals surface area contributed by atoms with E-state index in [0.29, 0.717) is 16.3 Å². The van der Waals surface area contributed by atoms with Crippen molar-refractivity contribution in [3.8, 4) is 6.07 Å². The van der Waals surface area contributed by atoms with Gasteiger partial charge in [-0.25, -0.2) is 9.80 Å². The molecule has 0 saturated heterocycles. The van der Waals surface area contributed by atoms with E-state index in [2.05, 4.69) is 10.7 Å². The number of para-hydroxylation sites is 1. The molecule has 0 radical (unpaired) electrons. The zero-order valence-electron chi connectivity index (χ0n) is 13.8. The SMILES string of the molecule is CC(C)(C#N)N(NC(=O)c1ccccc1)C(=O)Nc1ccccc1Cl. The Balaban J connectivity index is 2.24. The van der Waals surface area contributed by atoms with Crippen LogP contribution >= 0.6 is 11.6 Å². The first-order chi connectivity index (χ1) is 11.8. The molecule has 0 heterocycles. The van der Waals surface area contributed by atoms with E-state index in [1.54, 1.807) is 54.6 Å². The van der Waals surface area contributed by atoms with Gasteiger partial charge in [0.15, 0.2) is 0 Å². The van der Waals surface area contributed by atoms with Gasteiger partial charge in [0, 0.05) is 5.56 Å². The third-order valence-corrected chi connectivity index (χ3v) is 3.73. The Morgan fingerprint density at radius 1 is 1.08 bits per heavy atom. The van der Waals surface area contributed by atoms with Crippen LogP contribution in [0.5, 0.6) is 0 Å². The van der Waals surface area contributed by atoms with Gasteiger partial charge in [0.1, 0.15) is 5.54 Å². The lowest BCUT2D eigenvalue weighted by atomic mass is 10.1. The second-order valence-corrected chi connectivity index (χ2v) is 6.13. The lowest BCUT2D eigenvalue weighted by molar-refractivity contribution is 0.0740. The first-order valence-corrected chi connectivity index (χ1v) is 7.86. The van der Waals surface area contributed by atoms with E-state index in [1.807, 2.05) is 6.07 Å². The van der Waals surface area contributed by atoms with Crippen molar-refractivity contribution in [3.63, 3.8) is 0 Å². The molecule has 3 amide bonds. The highest BCUT2D eigenvalue weighted by atomic mass is 35.5. The Morgan fingerprint density at radius 2 is 1.68 bits per heavy atom. The minimum atomic E-state index is -1.28. The van der Waals surface area contributed by atoms with E-state index in [4.69, 9.17) is 11.6 Å². The maximum atomic E-state index is 12.6. The second kappa shape index (κ2) is 7.69. The highest BCUT2D eigenvalue weighted by Gasteiger charge is 2.33. The Kier molecular flexibility index (Phi) is 5.63. The number of amides is 3. The van der Waals surface area contributed by atoms with Gasteiger partial charge in [0.25, 0.3) is 5.91 Å². The summed E-state index contributed by atoms with van der Waals surface area (Å²) in [5.41, 5.74) is 1.94. The van der Waals surface area contributed by atoms with Crippen molar-refractivity contribution in [2.45, 2.75) is 19.4 Å². The van der Waals surface area contributed by atoms with Gasteiger partial charge in [-0.15, -0.1) is 0 Å². The molecule has 0 fully saturated rings. The molecule has 25 heavy (non-hydrogen) atoms. The molecule has 2 aromatic carbocycles. The number of benzene rings is 2. The van der Waals surface area contributed by atoms with Crippen molar-refractivity contribution in [2.75, 3.05) is 5.32 Å². The molecule has 0 aliphatic rings. The van der Waals surface area contributed by atoms with Gasteiger partial charge in [-0.05, 0) is 38.1 Å². The summed E-state index contributed by atoms with van der Waals surface area (Å²) in [6, 6.07) is 16.4. The smallest absolute Gasteiger partial charge is 0.305 e. The van der Waals surface area contributed by atoms with Crippen LogP contribution in [0.2, 0.25) is 5.02 Å². The van der Waals surface area contributed by atoms with Gasteiger partial charge in [-0.3, -0.25) is 10.2 Å². The fraction of sp³-hybridized carbons (Fsp3) is 0.167. The summed E-state index contributed by atoms with van der Waals surface area (Å²) in [5, 5.41) is 13.3. The summed E-state index contributed by atoms with van der Waals surface area (Å²) in [4.78, 5) is 25.0. The monoisotopic (exact) mass is 356 g/mol. The van der Waals surface area contributed by atoms with Crippen molar-refractivity contribution in [1.29, 1.82) is 5.26 Å². The van der Waals surface area contributed by atoms with Gasteiger partial charge in [-0.1, -0.05) is 41.9 Å². The topological polar surface area (TPSA) is 85.2 Å². The number of urea groups is 1. The maximum absolute atomic E-state index is 12.6. The fourth-order valence-corrected chi connectivity index (χ4v) is 2.17. The molecule has 0 atom stereocenters. The van der Waals surface area contributed by atoms with Gasteiger partial charge >= 0.3 is 6.03 Å². The predicted octanol–water partition coefficient (Wildman–Crippen LogP) is 3.82. The normalized spacial score (nSPS) is 10.5. The molecule has 0 bridgehead atoms. The van der Waals surface area contributed by atoms with E-state index in [1.165, 1.54) is 13.8 Å². The molecular weight excluding hydrogens is 340 g/mol. The lowest BCUT2D eigenvalue weighted by Crippen LogP contribution is -2.58. The van der Waals surface area contributed by atoms with E-state index in [9.17, 15) is 14.9 Å². The number of carbonyl (C=O) groups excluding carboxylic acids is 2. The summed E-state index contributed by atoms with van der Waals surface area (Å²) in [6.07, 6.45) is 0. The van der Waals surface area contributed by atoms with Crippen molar-refractivity contribution < 1.29 is 9.59 Å². The molecule has 0 aromatic heterocycles. The van der Waals surface area contributed by atoms with Crippen LogP contribution in [0.4, 0.5) is 10.5 Å². The molecule has 2 rings (SSSR count). The Morgan fingerprint density at radius 3 is 2.28 bits per heavy atom. The number of halogens is 1. The van der Waals surface area contributed by atoms with Crippen LogP contribution in [0.3, 0.4) is 0 Å². The third-order valence-electron chi connectivity index (χ3n) is 3.40. The Bertz CT molecular complexity index is 815. The number of nitrogens with zero attached hydrogens (tertiary/aromatic N) is 2. The molecule has 0 spiro atoms. The number of hydrogen-bond donors (Lipinski definition) is 2. The zero-order chi connectivity index (χ0) is 18.4. The Labute approximate surface area is 151 Å². The predicted molar refractivity (Wildman–Crippen MR) is 95.9 cm³/mol. The molecule has 0 aliphatic carbocycles. The summed E-state index contributed by atoms with van der Waals surface area (Å²) < 4.78 is 0. The highest BCUT2D eigenvalue weighted by molar-refractivity contribution is 6.33. The second-order valence-electron chi connectivity index (χ2n) is 5.72. The minimum absolute atomic E-state index is 0.347. The van der Waals surface area contributed by atoms with Crippen LogP contribution in [0, 0.1) is 11.3 Å². The zero-order valence-corrected chi connectivity index (χ0v) is 14.5. The van der Waals surface area contributed by atoms with Gasteiger partial charge in [-0.2, -0.15) is 5.26 Å². The molecule has 0 saturated carbocycles. The molecule has 2 aromatic rings. The number of nitriles is 1. The molecule has 2 N–H and O–H groups in total. The fourth-order valence-electron chi connectivity index (χ4n) is 1.98. The van der Waals surface area contributed by atoms with E-state index >= 15 is 0 Å². The summed E-state index contributed by atoms with van der Waals surface area (Å²) >= 11 is 6.04. The largest absolute Gasteiger partial charge is 0.342 e. The van der Waals surface area contributed by atoms with Crippen molar-refractivity contribution in [3.05, 3.63) is 65.2 Å². The van der Waals surface area contributed by atoms with E-state index < -0.39 is 17.5 Å². The molecule has 0 aliphatic heterocycles. The van der Waals surface area contributed by atoms with Crippen molar-refractivity contribution in [1.82, 2.24) is 10.4 Å². The third kappa shape index (κ3) is 4.49. The van der Waals surface area contributed by atoms with Gasteiger partial charge in [0.2, 0.25) is 0 Å². The van der Waals surface area contributed by atoms with Crippen LogP contribution in [0.15, 0.2) is 54.6 Å². The van der Waals surface area contributed by atoms with Crippen LogP contribution in [-0.4, -0.2) is 22.5 Å². The summed E-state index contributed by atoms with van der Waals surface area (Å²) in [7, 11) is 0. The average Bonchev–Trinajstić information content (AvgIpc) is 2.62. The lowest BCUT2D eigenvalue weighted by Gasteiger charge is -2.33. The van der Waals surface area contributed by atoms with E-state index in [-0.39, 0.29) is 0 Å². The van der Waals surface area contributed by atoms with E-state index in [0.717, 1.165) is 5.01 Å². The average molecular weight is 357 g/mol. The number of rotatable bonds is 3. The number of hydrogen-bond acceptors (Lipinski definition) is 3. The summed E-state index contributed by atoms with van der Waals surface area (Å²) in [6.45, 7) is 3.04. The molecular formula is C18H17ClN4O2. The molecule has 6 nitrogen and oxygen atoms in total. The first kappa shape index (κ1) is 18.3. The highest BCUT2D eigenvalue weighted by Crippen LogP contribution is 2.22. The number of hydrazine groups is 1. The number of anilines is 1. The number of nitrogens with one attached hydrogen (secondary N) is 2. The quantitative estimate of drug-likeness (QED) is 0.820. The molecule has 0 unspecified atom stereocenters. The standard InChI is InChI=1S/C18H17ClN4O2/c1-18(2,12-20)23(22-16(24)13-8-4-3-5-9-13)17(25)21-15-11-7-6-10-14(15)19/h3-11H,1-2H3,(H,21,25)(H,22,24). The van der Waals surface area contributed by atoms with Crippen LogP contribution in [0.25, 0.3) is 0 Å². The molecule has 128 valence electrons. The minimum Gasteiger partial charge on any atom is -0.305 e. The van der Waals surface area contributed by atoms with Crippen LogP contribution in [0.1, 0.15) is 24.2 Å². The maximum Gasteiger partial charge on any atom is 0.342 e. The van der Waals surface area contributed by atoms with Crippen LogP contribution in [-0.2, 0) is 0 Å². The summed E-state index contributed by atoms with van der Waals surface area (Å²) in [5.74, 6) is -0.502. The molecule has 7 heteroatoms. The first-order valence-electron chi connectivity index (χ1n) is 7.48. The van der Waals surface area contributed by atoms with Gasteiger partial charge < -0.3 is 5.32 Å².